The van der Waals surface area contributed by atoms with Crippen molar-refractivity contribution in [3.63, 3.8) is 0 Å². The van der Waals surface area contributed by atoms with Gasteiger partial charge in [0, 0.05) is 37.1 Å². The van der Waals surface area contributed by atoms with Crippen LogP contribution in [-0.2, 0) is 4.79 Å². The summed E-state index contributed by atoms with van der Waals surface area (Å²) in [4.78, 5) is 30.4. The Kier molecular flexibility index (Phi) is 6.73. The second kappa shape index (κ2) is 9.49. The van der Waals surface area contributed by atoms with E-state index < -0.39 is 0 Å². The molecule has 7 heteroatoms. The largest absolute Gasteiger partial charge is 0.497 e. The summed E-state index contributed by atoms with van der Waals surface area (Å²) in [5.74, 6) is 0.380. The van der Waals surface area contributed by atoms with E-state index in [-0.39, 0.29) is 23.7 Å². The number of halogens is 2. The second-order valence-corrected chi connectivity index (χ2v) is 9.05. The number of hydrogen-bond donors (Lipinski definition) is 0. The highest BCUT2D eigenvalue weighted by Crippen LogP contribution is 2.36. The van der Waals surface area contributed by atoms with E-state index in [1.165, 1.54) is 0 Å². The Hall–Kier alpha value is -2.24. The Bertz CT molecular complexity index is 958. The number of carbonyl (C=O) groups is 2. The first-order valence-corrected chi connectivity index (χ1v) is 11.4. The molecule has 2 aromatic carbocycles. The van der Waals surface area contributed by atoms with Gasteiger partial charge in [0.2, 0.25) is 5.91 Å². The summed E-state index contributed by atoms with van der Waals surface area (Å²) in [5.41, 5.74) is 1.44. The normalized spacial score (nSPS) is 21.3. The lowest BCUT2D eigenvalue weighted by Gasteiger charge is -2.31. The highest BCUT2D eigenvalue weighted by atomic mass is 35.5. The predicted molar refractivity (Wildman–Crippen MR) is 122 cm³/mol. The van der Waals surface area contributed by atoms with Gasteiger partial charge in [-0.2, -0.15) is 0 Å². The standard InChI is InChI=1S/C24H26Cl2N2O3/c1-31-18-8-5-16(6-9-18)20-14-28(23(29)19-10-7-17(25)13-22(19)26)15-21(20)24(30)27-11-3-2-4-12-27/h5-10,13,20-21H,2-4,11-12,14-15H2,1H3. The van der Waals surface area contributed by atoms with Crippen LogP contribution in [0.15, 0.2) is 42.5 Å². The van der Waals surface area contributed by atoms with Crippen LogP contribution in [0.4, 0.5) is 0 Å². The molecule has 2 aliphatic rings. The lowest BCUT2D eigenvalue weighted by atomic mass is 9.87. The van der Waals surface area contributed by atoms with E-state index in [1.807, 2.05) is 29.2 Å². The molecule has 2 fully saturated rings. The van der Waals surface area contributed by atoms with E-state index in [0.717, 1.165) is 43.7 Å². The van der Waals surface area contributed by atoms with Gasteiger partial charge in [0.05, 0.1) is 23.6 Å². The third kappa shape index (κ3) is 4.68. The molecule has 0 bridgehead atoms. The first-order valence-electron chi connectivity index (χ1n) is 10.6. The van der Waals surface area contributed by atoms with Crippen LogP contribution < -0.4 is 4.74 Å². The molecule has 31 heavy (non-hydrogen) atoms. The predicted octanol–water partition coefficient (Wildman–Crippen LogP) is 4.87. The molecule has 2 heterocycles. The number of methoxy groups -OCH3 is 1. The maximum absolute atomic E-state index is 13.4. The van der Waals surface area contributed by atoms with Crippen molar-refractivity contribution in [2.24, 2.45) is 5.92 Å². The van der Waals surface area contributed by atoms with Crippen molar-refractivity contribution in [1.29, 1.82) is 0 Å². The van der Waals surface area contributed by atoms with Crippen LogP contribution in [0, 0.1) is 5.92 Å². The smallest absolute Gasteiger partial charge is 0.255 e. The molecule has 0 N–H and O–H groups in total. The molecule has 2 atom stereocenters. The van der Waals surface area contributed by atoms with Crippen LogP contribution in [0.25, 0.3) is 0 Å². The molecule has 2 saturated heterocycles. The summed E-state index contributed by atoms with van der Waals surface area (Å²) >= 11 is 12.3. The number of amides is 2. The molecule has 5 nitrogen and oxygen atoms in total. The fourth-order valence-corrected chi connectivity index (χ4v) is 5.08. The van der Waals surface area contributed by atoms with E-state index in [4.69, 9.17) is 27.9 Å². The van der Waals surface area contributed by atoms with Gasteiger partial charge in [0.25, 0.3) is 5.91 Å². The van der Waals surface area contributed by atoms with Crippen molar-refractivity contribution in [2.75, 3.05) is 33.3 Å². The summed E-state index contributed by atoms with van der Waals surface area (Å²) in [7, 11) is 1.63. The molecular formula is C24H26Cl2N2O3. The molecule has 0 saturated carbocycles. The zero-order chi connectivity index (χ0) is 22.0. The quantitative estimate of drug-likeness (QED) is 0.653. The van der Waals surface area contributed by atoms with Crippen molar-refractivity contribution in [3.05, 3.63) is 63.6 Å². The van der Waals surface area contributed by atoms with Gasteiger partial charge in [-0.1, -0.05) is 35.3 Å². The van der Waals surface area contributed by atoms with Gasteiger partial charge in [-0.25, -0.2) is 0 Å². The van der Waals surface area contributed by atoms with Gasteiger partial charge in [-0.3, -0.25) is 9.59 Å². The molecular weight excluding hydrogens is 435 g/mol. The molecule has 0 spiro atoms. The van der Waals surface area contributed by atoms with Crippen molar-refractivity contribution in [1.82, 2.24) is 9.80 Å². The van der Waals surface area contributed by atoms with Crippen LogP contribution in [0.2, 0.25) is 10.0 Å². The fraction of sp³-hybridized carbons (Fsp3) is 0.417. The van der Waals surface area contributed by atoms with Crippen LogP contribution >= 0.6 is 23.2 Å². The monoisotopic (exact) mass is 460 g/mol. The molecule has 0 aromatic heterocycles. The van der Waals surface area contributed by atoms with Crippen molar-refractivity contribution >= 4 is 35.0 Å². The van der Waals surface area contributed by atoms with E-state index in [1.54, 1.807) is 30.2 Å². The maximum Gasteiger partial charge on any atom is 0.255 e. The Labute approximate surface area is 192 Å². The maximum atomic E-state index is 13.4. The van der Waals surface area contributed by atoms with Crippen molar-refractivity contribution < 1.29 is 14.3 Å². The average molecular weight is 461 g/mol. The summed E-state index contributed by atoms with van der Waals surface area (Å²) in [6.07, 6.45) is 3.24. The minimum absolute atomic E-state index is 0.0737. The number of carbonyl (C=O) groups excluding carboxylic acids is 2. The van der Waals surface area contributed by atoms with E-state index in [0.29, 0.717) is 28.7 Å². The summed E-state index contributed by atoms with van der Waals surface area (Å²) < 4.78 is 5.28. The molecule has 2 aromatic rings. The third-order valence-corrected chi connectivity index (χ3v) is 6.85. The first kappa shape index (κ1) is 22.0. The molecule has 164 valence electrons. The Morgan fingerprint density at radius 1 is 0.935 bits per heavy atom. The van der Waals surface area contributed by atoms with Gasteiger partial charge in [0.1, 0.15) is 5.75 Å². The van der Waals surface area contributed by atoms with Crippen molar-refractivity contribution in [3.8, 4) is 5.75 Å². The molecule has 2 amide bonds. The Morgan fingerprint density at radius 2 is 1.65 bits per heavy atom. The van der Waals surface area contributed by atoms with E-state index in [9.17, 15) is 9.59 Å². The summed E-state index contributed by atoms with van der Waals surface area (Å²) in [5, 5.41) is 0.807. The van der Waals surface area contributed by atoms with Crippen LogP contribution in [0.1, 0.15) is 41.1 Å². The van der Waals surface area contributed by atoms with E-state index >= 15 is 0 Å². The zero-order valence-electron chi connectivity index (χ0n) is 17.5. The number of benzene rings is 2. The van der Waals surface area contributed by atoms with E-state index in [2.05, 4.69) is 0 Å². The Morgan fingerprint density at radius 3 is 2.29 bits per heavy atom. The molecule has 0 aliphatic carbocycles. The van der Waals surface area contributed by atoms with Gasteiger partial charge in [-0.15, -0.1) is 0 Å². The fourth-order valence-electron chi connectivity index (χ4n) is 4.59. The van der Waals surface area contributed by atoms with Crippen molar-refractivity contribution in [2.45, 2.75) is 25.2 Å². The number of ether oxygens (including phenoxy) is 1. The van der Waals surface area contributed by atoms with Crippen LogP contribution in [0.5, 0.6) is 5.75 Å². The van der Waals surface area contributed by atoms with Gasteiger partial charge >= 0.3 is 0 Å². The topological polar surface area (TPSA) is 49.9 Å². The molecule has 4 rings (SSSR count). The summed E-state index contributed by atoms with van der Waals surface area (Å²) in [6, 6.07) is 12.7. The second-order valence-electron chi connectivity index (χ2n) is 8.21. The van der Waals surface area contributed by atoms with Crippen LogP contribution in [-0.4, -0.2) is 54.9 Å². The number of rotatable bonds is 4. The number of hydrogen-bond acceptors (Lipinski definition) is 3. The lowest BCUT2D eigenvalue weighted by molar-refractivity contribution is -0.136. The van der Waals surface area contributed by atoms with Gasteiger partial charge < -0.3 is 14.5 Å². The minimum atomic E-state index is -0.276. The lowest BCUT2D eigenvalue weighted by Crippen LogP contribution is -2.42. The summed E-state index contributed by atoms with van der Waals surface area (Å²) in [6.45, 7) is 2.43. The first-order chi connectivity index (χ1) is 15.0. The number of likely N-dealkylation sites (tertiary alicyclic amines) is 2. The third-order valence-electron chi connectivity index (χ3n) is 6.30. The Balaban J connectivity index is 1.61. The average Bonchev–Trinajstić information content (AvgIpc) is 3.24. The highest BCUT2D eigenvalue weighted by molar-refractivity contribution is 6.36. The highest BCUT2D eigenvalue weighted by Gasteiger charge is 2.42. The number of piperidine rings is 1. The number of nitrogens with zero attached hydrogens (tertiary/aromatic N) is 2. The molecule has 2 aliphatic heterocycles. The zero-order valence-corrected chi connectivity index (χ0v) is 19.0. The SMILES string of the molecule is COc1ccc(C2CN(C(=O)c3ccc(Cl)cc3Cl)CC2C(=O)N2CCCCC2)cc1. The van der Waals surface area contributed by atoms with Gasteiger partial charge in [-0.05, 0) is 55.2 Å². The molecule has 0 radical (unpaired) electrons. The van der Waals surface area contributed by atoms with Gasteiger partial charge in [0.15, 0.2) is 0 Å². The molecule has 2 unspecified atom stereocenters. The van der Waals surface area contributed by atoms with Crippen LogP contribution in [0.3, 0.4) is 0 Å². The minimum Gasteiger partial charge on any atom is -0.497 e.